The van der Waals surface area contributed by atoms with Crippen molar-refractivity contribution >= 4 is 23.4 Å². The number of ether oxygens (including phenoxy) is 1. The maximum Gasteiger partial charge on any atom is 0.416 e. The van der Waals surface area contributed by atoms with E-state index in [0.717, 1.165) is 68.2 Å². The number of halogens is 6. The van der Waals surface area contributed by atoms with Gasteiger partial charge >= 0.3 is 12.4 Å². The number of nitrogens with two attached hydrogens (primary N) is 1. The number of anilines is 1. The Kier molecular flexibility index (Phi) is 12.3. The number of pyridine rings is 1. The molecule has 54 heavy (non-hydrogen) atoms. The molecule has 6 rings (SSSR count). The van der Waals surface area contributed by atoms with Gasteiger partial charge in [0.05, 0.1) is 23.0 Å². The summed E-state index contributed by atoms with van der Waals surface area (Å²) in [7, 11) is 0. The fraction of sp³-hybridized carbons (Fsp3) is 0.179. The zero-order valence-corrected chi connectivity index (χ0v) is 28.4. The molecule has 1 fully saturated rings. The van der Waals surface area contributed by atoms with Gasteiger partial charge in [-0.25, -0.2) is 4.98 Å². The van der Waals surface area contributed by atoms with Gasteiger partial charge in [-0.3, -0.25) is 19.3 Å². The van der Waals surface area contributed by atoms with Crippen molar-refractivity contribution in [1.82, 2.24) is 14.8 Å². The lowest BCUT2D eigenvalue weighted by molar-refractivity contribution is -0.138. The van der Waals surface area contributed by atoms with Gasteiger partial charge < -0.3 is 20.7 Å². The molecule has 0 aliphatic carbocycles. The van der Waals surface area contributed by atoms with Gasteiger partial charge in [-0.05, 0) is 84.4 Å². The van der Waals surface area contributed by atoms with Crippen LogP contribution in [0.25, 0.3) is 0 Å². The van der Waals surface area contributed by atoms with E-state index in [1.165, 1.54) is 11.8 Å². The molecule has 1 aliphatic heterocycles. The molecule has 3 N–H and O–H groups in total. The summed E-state index contributed by atoms with van der Waals surface area (Å²) in [6.45, 7) is 3.82. The third kappa shape index (κ3) is 10.9. The molecule has 0 unspecified atom stereocenters. The SMILES string of the molecule is NC(=O)c1ccc(C(F)(F)F)cc1.O=C(Nc1ccc(Oc2ccc(C(=O)N3CCN(Cc4ccccc4)CC3)cc2)nc1)c1ccc(C(F)(F)F)cc1. The van der Waals surface area contributed by atoms with E-state index in [4.69, 9.17) is 10.5 Å². The molecule has 280 valence electrons. The van der Waals surface area contributed by atoms with E-state index >= 15 is 0 Å². The number of alkyl halides is 6. The van der Waals surface area contributed by atoms with E-state index in [2.05, 4.69) is 27.3 Å². The molecule has 15 heteroatoms. The van der Waals surface area contributed by atoms with Crippen LogP contribution >= 0.6 is 0 Å². The van der Waals surface area contributed by atoms with Gasteiger partial charge in [0.2, 0.25) is 11.8 Å². The minimum atomic E-state index is -4.47. The van der Waals surface area contributed by atoms with Crippen molar-refractivity contribution in [3.63, 3.8) is 0 Å². The third-order valence-corrected chi connectivity index (χ3v) is 8.20. The number of carbonyl (C=O) groups is 3. The summed E-state index contributed by atoms with van der Waals surface area (Å²) < 4.78 is 79.9. The lowest BCUT2D eigenvalue weighted by atomic mass is 10.1. The van der Waals surface area contributed by atoms with Gasteiger partial charge in [-0.15, -0.1) is 0 Å². The molecule has 2 heterocycles. The molecule has 0 saturated carbocycles. The van der Waals surface area contributed by atoms with Crippen LogP contribution < -0.4 is 15.8 Å². The van der Waals surface area contributed by atoms with Gasteiger partial charge in [0.15, 0.2) is 0 Å². The third-order valence-electron chi connectivity index (χ3n) is 8.20. The van der Waals surface area contributed by atoms with Crippen molar-refractivity contribution in [3.05, 3.63) is 155 Å². The number of nitrogens with zero attached hydrogens (tertiary/aromatic N) is 3. The Morgan fingerprint density at radius 3 is 1.70 bits per heavy atom. The second-order valence-corrected chi connectivity index (χ2v) is 12.0. The van der Waals surface area contributed by atoms with Crippen LogP contribution in [0.4, 0.5) is 32.0 Å². The number of amides is 3. The summed E-state index contributed by atoms with van der Waals surface area (Å²) in [5.41, 5.74) is 5.57. The van der Waals surface area contributed by atoms with Gasteiger partial charge in [0.25, 0.3) is 11.8 Å². The predicted molar refractivity (Wildman–Crippen MR) is 188 cm³/mol. The molecular formula is C39H33F6N5O4. The largest absolute Gasteiger partial charge is 0.439 e. The van der Waals surface area contributed by atoms with Gasteiger partial charge in [-0.1, -0.05) is 30.3 Å². The molecule has 1 aliphatic rings. The molecule has 0 radical (unpaired) electrons. The minimum absolute atomic E-state index is 0.0258. The predicted octanol–water partition coefficient (Wildman–Crippen LogP) is 7.91. The fourth-order valence-corrected chi connectivity index (χ4v) is 5.27. The van der Waals surface area contributed by atoms with Crippen molar-refractivity contribution in [2.45, 2.75) is 18.9 Å². The number of benzene rings is 4. The lowest BCUT2D eigenvalue weighted by Gasteiger charge is -2.34. The molecule has 4 aromatic carbocycles. The Hall–Kier alpha value is -6.22. The van der Waals surface area contributed by atoms with Crippen molar-refractivity contribution < 1.29 is 45.5 Å². The van der Waals surface area contributed by atoms with Crippen molar-refractivity contribution in [1.29, 1.82) is 0 Å². The quantitative estimate of drug-likeness (QED) is 0.156. The number of hydrogen-bond donors (Lipinski definition) is 2. The highest BCUT2D eigenvalue weighted by atomic mass is 19.4. The molecule has 1 saturated heterocycles. The standard InChI is InChI=1S/C31H27F3N4O3.C8H6F3NO/c32-31(33,34)25-10-6-23(7-11-25)29(39)36-26-12-15-28(35-20-26)41-27-13-8-24(9-14-27)30(40)38-18-16-37(17-19-38)21-22-4-2-1-3-5-22;9-8(10,11)6-3-1-5(2-4-6)7(12)13/h1-15,20H,16-19,21H2,(H,36,39);1-4H,(H2,12,13). The summed E-state index contributed by atoms with van der Waals surface area (Å²) in [6, 6.07) is 27.9. The van der Waals surface area contributed by atoms with Crippen molar-refractivity contribution in [2.24, 2.45) is 5.73 Å². The second-order valence-electron chi connectivity index (χ2n) is 12.0. The van der Waals surface area contributed by atoms with Crippen LogP contribution in [0.5, 0.6) is 11.6 Å². The topological polar surface area (TPSA) is 118 Å². The summed E-state index contributed by atoms with van der Waals surface area (Å²) in [5, 5.41) is 2.59. The van der Waals surface area contributed by atoms with Crippen LogP contribution in [-0.4, -0.2) is 58.7 Å². The van der Waals surface area contributed by atoms with E-state index in [9.17, 15) is 40.7 Å². The summed E-state index contributed by atoms with van der Waals surface area (Å²) in [6.07, 6.45) is -7.47. The zero-order chi connectivity index (χ0) is 38.9. The lowest BCUT2D eigenvalue weighted by Crippen LogP contribution is -2.48. The van der Waals surface area contributed by atoms with Crippen molar-refractivity contribution in [2.75, 3.05) is 31.5 Å². The molecule has 5 aromatic rings. The number of rotatable bonds is 8. The van der Waals surface area contributed by atoms with E-state index in [-0.39, 0.29) is 22.9 Å². The maximum absolute atomic E-state index is 13.0. The van der Waals surface area contributed by atoms with E-state index in [1.807, 2.05) is 23.1 Å². The Balaban J connectivity index is 0.000000365. The fourth-order valence-electron chi connectivity index (χ4n) is 5.27. The molecular weight excluding hydrogens is 716 g/mol. The normalized spacial score (nSPS) is 13.3. The number of piperazine rings is 1. The van der Waals surface area contributed by atoms with E-state index in [1.54, 1.807) is 36.4 Å². The van der Waals surface area contributed by atoms with Crippen LogP contribution in [0.3, 0.4) is 0 Å². The summed E-state index contributed by atoms with van der Waals surface area (Å²) in [5.74, 6) is -0.572. The summed E-state index contributed by atoms with van der Waals surface area (Å²) in [4.78, 5) is 44.2. The molecule has 3 amide bonds. The highest BCUT2D eigenvalue weighted by Gasteiger charge is 2.31. The first-order chi connectivity index (χ1) is 25.7. The van der Waals surface area contributed by atoms with Crippen LogP contribution in [0.2, 0.25) is 0 Å². The van der Waals surface area contributed by atoms with Crippen LogP contribution in [0.15, 0.2) is 121 Å². The first kappa shape index (κ1) is 39.0. The average Bonchev–Trinajstić information content (AvgIpc) is 3.16. The Morgan fingerprint density at radius 2 is 1.20 bits per heavy atom. The highest BCUT2D eigenvalue weighted by molar-refractivity contribution is 6.04. The van der Waals surface area contributed by atoms with E-state index < -0.39 is 35.3 Å². The monoisotopic (exact) mass is 749 g/mol. The molecule has 1 aromatic heterocycles. The average molecular weight is 750 g/mol. The second kappa shape index (κ2) is 17.1. The van der Waals surface area contributed by atoms with Crippen LogP contribution in [-0.2, 0) is 18.9 Å². The maximum atomic E-state index is 13.0. The smallest absolute Gasteiger partial charge is 0.416 e. The molecule has 0 spiro atoms. The number of nitrogens with one attached hydrogen (secondary N) is 1. The Morgan fingerprint density at radius 1 is 0.667 bits per heavy atom. The molecule has 0 atom stereocenters. The molecule has 0 bridgehead atoms. The minimum Gasteiger partial charge on any atom is -0.439 e. The first-order valence-electron chi connectivity index (χ1n) is 16.4. The van der Waals surface area contributed by atoms with Crippen LogP contribution in [0, 0.1) is 0 Å². The van der Waals surface area contributed by atoms with Crippen LogP contribution in [0.1, 0.15) is 47.8 Å². The van der Waals surface area contributed by atoms with Gasteiger partial charge in [0, 0.05) is 55.5 Å². The Labute approximate surface area is 306 Å². The summed E-state index contributed by atoms with van der Waals surface area (Å²) >= 11 is 0. The van der Waals surface area contributed by atoms with Gasteiger partial charge in [-0.2, -0.15) is 26.3 Å². The number of hydrogen-bond acceptors (Lipinski definition) is 6. The van der Waals surface area contributed by atoms with Gasteiger partial charge in [0.1, 0.15) is 5.75 Å². The first-order valence-corrected chi connectivity index (χ1v) is 16.4. The number of primary amides is 1. The highest BCUT2D eigenvalue weighted by Crippen LogP contribution is 2.30. The van der Waals surface area contributed by atoms with E-state index in [0.29, 0.717) is 30.1 Å². The zero-order valence-electron chi connectivity index (χ0n) is 28.4. The molecule has 9 nitrogen and oxygen atoms in total. The number of carbonyl (C=O) groups excluding carboxylic acids is 3. The number of aromatic nitrogens is 1. The Bertz CT molecular complexity index is 2020. The van der Waals surface area contributed by atoms with Crippen molar-refractivity contribution in [3.8, 4) is 11.6 Å².